The second-order valence-corrected chi connectivity index (χ2v) is 6.38. The van der Waals surface area contributed by atoms with Crippen LogP contribution in [-0.2, 0) is 6.54 Å². The summed E-state index contributed by atoms with van der Waals surface area (Å²) >= 11 is 0. The first-order valence-electron chi connectivity index (χ1n) is 8.16. The molecule has 0 spiro atoms. The lowest BCUT2D eigenvalue weighted by molar-refractivity contribution is 0.0472. The van der Waals surface area contributed by atoms with E-state index in [1.807, 2.05) is 6.20 Å². The molecule has 4 rings (SSSR count). The SMILES string of the molecule is O[C@@H]1CN(Cc2cnc[nH]2)CC[C@H]1c1ccc2ccccc2c1. The molecular weight excluding hydrogens is 286 g/mol. The number of β-amino-alcohol motifs (C(OH)–C–C–N with tert-alkyl or cyclic N) is 1. The van der Waals surface area contributed by atoms with Crippen molar-refractivity contribution in [3.63, 3.8) is 0 Å². The van der Waals surface area contributed by atoms with Gasteiger partial charge in [0, 0.05) is 30.9 Å². The van der Waals surface area contributed by atoms with Crippen LogP contribution in [0.5, 0.6) is 0 Å². The quantitative estimate of drug-likeness (QED) is 0.782. The van der Waals surface area contributed by atoms with Crippen LogP contribution in [0.3, 0.4) is 0 Å². The van der Waals surface area contributed by atoms with Gasteiger partial charge in [-0.3, -0.25) is 4.90 Å². The fraction of sp³-hybridized carbons (Fsp3) is 0.316. The van der Waals surface area contributed by atoms with Crippen LogP contribution in [0.25, 0.3) is 10.8 Å². The van der Waals surface area contributed by atoms with Gasteiger partial charge in [0.25, 0.3) is 0 Å². The lowest BCUT2D eigenvalue weighted by Gasteiger charge is -2.36. The number of H-pyrrole nitrogens is 1. The molecule has 0 radical (unpaired) electrons. The molecule has 0 bridgehead atoms. The number of rotatable bonds is 3. The lowest BCUT2D eigenvalue weighted by atomic mass is 9.86. The number of likely N-dealkylation sites (tertiary alicyclic amines) is 1. The Morgan fingerprint density at radius 1 is 1.17 bits per heavy atom. The number of aliphatic hydroxyl groups is 1. The van der Waals surface area contributed by atoms with Gasteiger partial charge < -0.3 is 10.1 Å². The molecule has 1 aliphatic rings. The van der Waals surface area contributed by atoms with E-state index in [1.165, 1.54) is 16.3 Å². The van der Waals surface area contributed by atoms with Gasteiger partial charge in [-0.1, -0.05) is 42.5 Å². The van der Waals surface area contributed by atoms with Crippen molar-refractivity contribution in [1.82, 2.24) is 14.9 Å². The van der Waals surface area contributed by atoms with Gasteiger partial charge in [0.1, 0.15) is 0 Å². The Labute approximate surface area is 135 Å². The summed E-state index contributed by atoms with van der Waals surface area (Å²) in [5, 5.41) is 13.1. The van der Waals surface area contributed by atoms with Crippen molar-refractivity contribution in [3.8, 4) is 0 Å². The molecule has 3 aromatic rings. The van der Waals surface area contributed by atoms with E-state index in [9.17, 15) is 5.11 Å². The van der Waals surface area contributed by atoms with E-state index in [0.29, 0.717) is 6.54 Å². The number of hydrogen-bond acceptors (Lipinski definition) is 3. The molecule has 1 aliphatic heterocycles. The zero-order chi connectivity index (χ0) is 15.6. The second kappa shape index (κ2) is 6.14. The summed E-state index contributed by atoms with van der Waals surface area (Å²) in [4.78, 5) is 9.47. The number of nitrogens with zero attached hydrogens (tertiary/aromatic N) is 2. The van der Waals surface area contributed by atoms with E-state index >= 15 is 0 Å². The molecule has 23 heavy (non-hydrogen) atoms. The molecule has 118 valence electrons. The number of aromatic amines is 1. The van der Waals surface area contributed by atoms with Crippen LogP contribution < -0.4 is 0 Å². The lowest BCUT2D eigenvalue weighted by Crippen LogP contribution is -2.42. The summed E-state index contributed by atoms with van der Waals surface area (Å²) in [6, 6.07) is 14.9. The largest absolute Gasteiger partial charge is 0.391 e. The predicted molar refractivity (Wildman–Crippen MR) is 91.2 cm³/mol. The molecule has 4 heteroatoms. The van der Waals surface area contributed by atoms with Crippen LogP contribution in [0.1, 0.15) is 23.6 Å². The summed E-state index contributed by atoms with van der Waals surface area (Å²) in [6.07, 6.45) is 4.20. The van der Waals surface area contributed by atoms with Crippen LogP contribution in [-0.4, -0.2) is 39.2 Å². The zero-order valence-corrected chi connectivity index (χ0v) is 13.0. The Hall–Kier alpha value is -2.17. The van der Waals surface area contributed by atoms with E-state index < -0.39 is 0 Å². The van der Waals surface area contributed by atoms with Crippen LogP contribution in [0.4, 0.5) is 0 Å². The van der Waals surface area contributed by atoms with Gasteiger partial charge in [-0.05, 0) is 29.3 Å². The number of imidazole rings is 1. The average Bonchev–Trinajstić information content (AvgIpc) is 3.07. The molecule has 0 amide bonds. The molecule has 2 aromatic carbocycles. The standard InChI is InChI=1S/C19H21N3O/c23-19-12-22(11-17-10-20-13-21-17)8-7-18(19)16-6-5-14-3-1-2-4-15(14)9-16/h1-6,9-10,13,18-19,23H,7-8,11-12H2,(H,20,21)/t18-,19+/m0/s1. The van der Waals surface area contributed by atoms with Gasteiger partial charge in [-0.25, -0.2) is 4.98 Å². The first kappa shape index (κ1) is 14.4. The Bertz CT molecular complexity index is 784. The number of nitrogens with one attached hydrogen (secondary N) is 1. The number of benzene rings is 2. The van der Waals surface area contributed by atoms with Crippen LogP contribution in [0.2, 0.25) is 0 Å². The Morgan fingerprint density at radius 3 is 2.83 bits per heavy atom. The number of fused-ring (bicyclic) bond motifs is 1. The van der Waals surface area contributed by atoms with Crippen molar-refractivity contribution in [3.05, 3.63) is 66.2 Å². The summed E-state index contributed by atoms with van der Waals surface area (Å²) in [7, 11) is 0. The third kappa shape index (κ3) is 3.00. The predicted octanol–water partition coefficient (Wildman–Crippen LogP) is 2.91. The molecule has 4 nitrogen and oxygen atoms in total. The van der Waals surface area contributed by atoms with Crippen molar-refractivity contribution >= 4 is 10.8 Å². The summed E-state index contributed by atoms with van der Waals surface area (Å²) in [6.45, 7) is 2.52. The minimum absolute atomic E-state index is 0.220. The molecule has 2 N–H and O–H groups in total. The van der Waals surface area contributed by atoms with Crippen LogP contribution in [0.15, 0.2) is 55.0 Å². The summed E-state index contributed by atoms with van der Waals surface area (Å²) in [5.74, 6) is 0.220. The number of hydrogen-bond donors (Lipinski definition) is 2. The number of aromatic nitrogens is 2. The third-order valence-electron chi connectivity index (χ3n) is 4.82. The maximum atomic E-state index is 10.6. The van der Waals surface area contributed by atoms with Gasteiger partial charge in [0.15, 0.2) is 0 Å². The van der Waals surface area contributed by atoms with Crippen LogP contribution in [0, 0.1) is 0 Å². The van der Waals surface area contributed by atoms with E-state index in [4.69, 9.17) is 0 Å². The number of piperidine rings is 1. The summed E-state index contributed by atoms with van der Waals surface area (Å²) in [5.41, 5.74) is 2.35. The Balaban J connectivity index is 1.49. The highest BCUT2D eigenvalue weighted by molar-refractivity contribution is 5.83. The average molecular weight is 307 g/mol. The molecule has 1 fully saturated rings. The normalized spacial score (nSPS) is 22.5. The van der Waals surface area contributed by atoms with Gasteiger partial charge >= 0.3 is 0 Å². The minimum Gasteiger partial charge on any atom is -0.391 e. The van der Waals surface area contributed by atoms with Crippen molar-refractivity contribution in [1.29, 1.82) is 0 Å². The Morgan fingerprint density at radius 2 is 2.04 bits per heavy atom. The van der Waals surface area contributed by atoms with E-state index in [1.54, 1.807) is 6.33 Å². The highest BCUT2D eigenvalue weighted by Gasteiger charge is 2.29. The maximum absolute atomic E-state index is 10.6. The topological polar surface area (TPSA) is 52.1 Å². The first-order valence-corrected chi connectivity index (χ1v) is 8.16. The Kier molecular flexibility index (Phi) is 3.85. The monoisotopic (exact) mass is 307 g/mol. The highest BCUT2D eigenvalue weighted by atomic mass is 16.3. The second-order valence-electron chi connectivity index (χ2n) is 6.38. The molecule has 0 saturated carbocycles. The van der Waals surface area contributed by atoms with E-state index in [-0.39, 0.29) is 12.0 Å². The van der Waals surface area contributed by atoms with Gasteiger partial charge in [-0.15, -0.1) is 0 Å². The van der Waals surface area contributed by atoms with Crippen molar-refractivity contribution < 1.29 is 5.11 Å². The molecule has 1 saturated heterocycles. The van der Waals surface area contributed by atoms with E-state index in [2.05, 4.69) is 57.3 Å². The van der Waals surface area contributed by atoms with Crippen molar-refractivity contribution in [2.75, 3.05) is 13.1 Å². The molecule has 0 aliphatic carbocycles. The fourth-order valence-electron chi connectivity index (χ4n) is 3.58. The maximum Gasteiger partial charge on any atom is 0.0922 e. The van der Waals surface area contributed by atoms with Crippen molar-refractivity contribution in [2.24, 2.45) is 0 Å². The molecule has 2 atom stereocenters. The first-order chi connectivity index (χ1) is 11.3. The molecule has 1 aromatic heterocycles. The zero-order valence-electron chi connectivity index (χ0n) is 13.0. The van der Waals surface area contributed by atoms with Gasteiger partial charge in [-0.2, -0.15) is 0 Å². The fourth-order valence-corrected chi connectivity index (χ4v) is 3.58. The third-order valence-corrected chi connectivity index (χ3v) is 4.82. The van der Waals surface area contributed by atoms with Gasteiger partial charge in [0.2, 0.25) is 0 Å². The van der Waals surface area contributed by atoms with Crippen LogP contribution >= 0.6 is 0 Å². The molecule has 0 unspecified atom stereocenters. The minimum atomic E-state index is -0.326. The smallest absolute Gasteiger partial charge is 0.0922 e. The summed E-state index contributed by atoms with van der Waals surface area (Å²) < 4.78 is 0. The van der Waals surface area contributed by atoms with E-state index in [0.717, 1.165) is 25.2 Å². The molecular formula is C19H21N3O. The number of aliphatic hydroxyl groups excluding tert-OH is 1. The highest BCUT2D eigenvalue weighted by Crippen LogP contribution is 2.31. The van der Waals surface area contributed by atoms with Crippen molar-refractivity contribution in [2.45, 2.75) is 25.0 Å². The van der Waals surface area contributed by atoms with Gasteiger partial charge in [0.05, 0.1) is 12.4 Å². The molecule has 2 heterocycles.